The van der Waals surface area contributed by atoms with E-state index in [9.17, 15) is 19.1 Å². The molecule has 1 aliphatic heterocycles. The SMILES string of the molecule is CCCOc1cccc(C(O)=C2C(=O)C(=O)N(c3nc4ccc(F)cc4s3)C2c2cccc(Cl)c2)c1. The fraction of sp³-hybridized carbons (Fsp3) is 0.148. The number of amides is 1. The van der Waals surface area contributed by atoms with Crippen molar-refractivity contribution in [3.63, 3.8) is 0 Å². The highest BCUT2D eigenvalue weighted by atomic mass is 35.5. The zero-order valence-electron chi connectivity index (χ0n) is 19.1. The minimum Gasteiger partial charge on any atom is -0.507 e. The van der Waals surface area contributed by atoms with Gasteiger partial charge in [-0.25, -0.2) is 9.37 Å². The zero-order valence-corrected chi connectivity index (χ0v) is 20.6. The predicted octanol–water partition coefficient (Wildman–Crippen LogP) is 6.50. The molecule has 1 aliphatic rings. The Hall–Kier alpha value is -3.75. The summed E-state index contributed by atoms with van der Waals surface area (Å²) in [6, 6.07) is 16.5. The molecule has 6 nitrogen and oxygen atoms in total. The molecule has 2 heterocycles. The number of aromatic nitrogens is 1. The van der Waals surface area contributed by atoms with Crippen molar-refractivity contribution in [3.05, 3.63) is 94.3 Å². The van der Waals surface area contributed by atoms with E-state index in [0.29, 0.717) is 38.7 Å². The summed E-state index contributed by atoms with van der Waals surface area (Å²) in [6.07, 6.45) is 0.808. The molecule has 1 atom stereocenters. The van der Waals surface area contributed by atoms with Crippen LogP contribution in [0.5, 0.6) is 5.75 Å². The summed E-state index contributed by atoms with van der Waals surface area (Å²) < 4.78 is 20.0. The largest absolute Gasteiger partial charge is 0.507 e. The summed E-state index contributed by atoms with van der Waals surface area (Å²) in [7, 11) is 0. The third-order valence-electron chi connectivity index (χ3n) is 5.73. The van der Waals surface area contributed by atoms with Crippen LogP contribution in [0.3, 0.4) is 0 Å². The molecule has 36 heavy (non-hydrogen) atoms. The van der Waals surface area contributed by atoms with E-state index in [4.69, 9.17) is 16.3 Å². The number of fused-ring (bicyclic) bond motifs is 1. The molecule has 9 heteroatoms. The van der Waals surface area contributed by atoms with Gasteiger partial charge in [-0.05, 0) is 54.4 Å². The number of hydrogen-bond acceptors (Lipinski definition) is 6. The Balaban J connectivity index is 1.69. The van der Waals surface area contributed by atoms with Gasteiger partial charge in [-0.3, -0.25) is 14.5 Å². The van der Waals surface area contributed by atoms with Crippen LogP contribution in [-0.2, 0) is 9.59 Å². The molecule has 182 valence electrons. The lowest BCUT2D eigenvalue weighted by Gasteiger charge is -2.23. The number of Topliss-reactive ketones (excluding diaryl/α,β-unsaturated/α-hetero) is 1. The number of hydrogen-bond donors (Lipinski definition) is 1. The number of halogens is 2. The van der Waals surface area contributed by atoms with Gasteiger partial charge in [0.2, 0.25) is 0 Å². The molecule has 5 rings (SSSR count). The summed E-state index contributed by atoms with van der Waals surface area (Å²) >= 11 is 7.33. The van der Waals surface area contributed by atoms with Gasteiger partial charge in [0.05, 0.1) is 28.4 Å². The fourth-order valence-electron chi connectivity index (χ4n) is 4.12. The second-order valence-electron chi connectivity index (χ2n) is 8.21. The number of thiazole rings is 1. The van der Waals surface area contributed by atoms with Crippen molar-refractivity contribution < 1.29 is 23.8 Å². The van der Waals surface area contributed by atoms with Gasteiger partial charge in [-0.15, -0.1) is 0 Å². The van der Waals surface area contributed by atoms with E-state index in [0.717, 1.165) is 17.8 Å². The summed E-state index contributed by atoms with van der Waals surface area (Å²) in [4.78, 5) is 32.4. The maximum absolute atomic E-state index is 13.8. The Morgan fingerprint density at radius 3 is 2.72 bits per heavy atom. The number of anilines is 1. The predicted molar refractivity (Wildman–Crippen MR) is 138 cm³/mol. The summed E-state index contributed by atoms with van der Waals surface area (Å²) in [6.45, 7) is 2.47. The Kier molecular flexibility index (Phi) is 6.47. The number of carbonyl (C=O) groups is 2. The van der Waals surface area contributed by atoms with Crippen LogP contribution in [0.1, 0.15) is 30.5 Å². The molecule has 3 aromatic carbocycles. The molecule has 0 radical (unpaired) electrons. The number of aliphatic hydroxyl groups excluding tert-OH is 1. The maximum atomic E-state index is 13.8. The standard InChI is InChI=1S/C27H20ClFN2O4S/c1-2-11-35-19-8-4-6-16(13-19)24(32)22-23(15-5-3-7-17(28)12-15)31(26(34)25(22)33)27-30-20-10-9-18(29)14-21(20)36-27/h3-10,12-14,23,32H,2,11H2,1H3. The van der Waals surface area contributed by atoms with E-state index >= 15 is 0 Å². The van der Waals surface area contributed by atoms with Crippen LogP contribution >= 0.6 is 22.9 Å². The number of benzene rings is 3. The van der Waals surface area contributed by atoms with Crippen molar-refractivity contribution in [2.45, 2.75) is 19.4 Å². The monoisotopic (exact) mass is 522 g/mol. The molecule has 0 aliphatic carbocycles. The molecular weight excluding hydrogens is 503 g/mol. The first-order valence-electron chi connectivity index (χ1n) is 11.2. The molecule has 1 fully saturated rings. The molecule has 1 saturated heterocycles. The Morgan fingerprint density at radius 2 is 1.94 bits per heavy atom. The average Bonchev–Trinajstić information content (AvgIpc) is 3.40. The zero-order chi connectivity index (χ0) is 25.4. The molecule has 1 aromatic heterocycles. The van der Waals surface area contributed by atoms with E-state index in [-0.39, 0.29) is 16.5 Å². The molecule has 0 bridgehead atoms. The van der Waals surface area contributed by atoms with Crippen molar-refractivity contribution in [1.82, 2.24) is 4.98 Å². The summed E-state index contributed by atoms with van der Waals surface area (Å²) in [5.41, 5.74) is 1.25. The van der Waals surface area contributed by atoms with Crippen molar-refractivity contribution in [2.75, 3.05) is 11.5 Å². The molecule has 1 amide bonds. The Bertz CT molecular complexity index is 1530. The normalized spacial score (nSPS) is 17.2. The molecule has 1 unspecified atom stereocenters. The summed E-state index contributed by atoms with van der Waals surface area (Å²) in [5.74, 6) is -1.95. The van der Waals surface area contributed by atoms with Crippen LogP contribution in [0.2, 0.25) is 5.02 Å². The summed E-state index contributed by atoms with van der Waals surface area (Å²) in [5, 5.41) is 11.9. The molecule has 4 aromatic rings. The number of nitrogens with zero attached hydrogens (tertiary/aromatic N) is 2. The average molecular weight is 523 g/mol. The van der Waals surface area contributed by atoms with Crippen molar-refractivity contribution in [2.24, 2.45) is 0 Å². The van der Waals surface area contributed by atoms with Gasteiger partial charge < -0.3 is 9.84 Å². The van der Waals surface area contributed by atoms with Gasteiger partial charge in [0, 0.05) is 10.6 Å². The van der Waals surface area contributed by atoms with Crippen molar-refractivity contribution in [1.29, 1.82) is 0 Å². The fourth-order valence-corrected chi connectivity index (χ4v) is 5.34. The molecule has 0 spiro atoms. The first-order chi connectivity index (χ1) is 17.4. The van der Waals surface area contributed by atoms with Gasteiger partial charge >= 0.3 is 5.91 Å². The van der Waals surface area contributed by atoms with Crippen molar-refractivity contribution in [3.8, 4) is 5.75 Å². The number of rotatable bonds is 6. The van der Waals surface area contributed by atoms with E-state index in [2.05, 4.69) is 4.98 Å². The van der Waals surface area contributed by atoms with E-state index in [1.54, 1.807) is 48.5 Å². The quantitative estimate of drug-likeness (QED) is 0.177. The van der Waals surface area contributed by atoms with Crippen LogP contribution in [-0.4, -0.2) is 28.4 Å². The van der Waals surface area contributed by atoms with Crippen LogP contribution in [0.15, 0.2) is 72.3 Å². The topological polar surface area (TPSA) is 79.7 Å². The second-order valence-corrected chi connectivity index (χ2v) is 9.65. The number of ketones is 1. The highest BCUT2D eigenvalue weighted by Gasteiger charge is 2.48. The van der Waals surface area contributed by atoms with E-state index in [1.807, 2.05) is 6.92 Å². The van der Waals surface area contributed by atoms with Gasteiger partial charge in [0.1, 0.15) is 17.3 Å². The third kappa shape index (κ3) is 4.34. The van der Waals surface area contributed by atoms with E-state index in [1.165, 1.54) is 23.1 Å². The smallest absolute Gasteiger partial charge is 0.301 e. The highest BCUT2D eigenvalue weighted by molar-refractivity contribution is 7.22. The lowest BCUT2D eigenvalue weighted by Crippen LogP contribution is -2.29. The Morgan fingerprint density at radius 1 is 1.14 bits per heavy atom. The van der Waals surface area contributed by atoms with E-state index < -0.39 is 23.5 Å². The van der Waals surface area contributed by atoms with Crippen LogP contribution in [0.4, 0.5) is 9.52 Å². The van der Waals surface area contributed by atoms with Crippen LogP contribution in [0, 0.1) is 5.82 Å². The van der Waals surface area contributed by atoms with Gasteiger partial charge in [-0.1, -0.05) is 54.1 Å². The number of aliphatic hydroxyl groups is 1. The first-order valence-corrected chi connectivity index (χ1v) is 12.4. The maximum Gasteiger partial charge on any atom is 0.301 e. The molecular formula is C27H20ClFN2O4S. The minimum atomic E-state index is -0.991. The third-order valence-corrected chi connectivity index (χ3v) is 6.99. The molecule has 0 saturated carbocycles. The lowest BCUT2D eigenvalue weighted by atomic mass is 9.95. The van der Waals surface area contributed by atoms with Crippen LogP contribution in [0.25, 0.3) is 16.0 Å². The highest BCUT2D eigenvalue weighted by Crippen LogP contribution is 2.44. The molecule has 1 N–H and O–H groups in total. The van der Waals surface area contributed by atoms with Crippen molar-refractivity contribution >= 4 is 55.7 Å². The number of ether oxygens (including phenoxy) is 1. The van der Waals surface area contributed by atoms with Gasteiger partial charge in [-0.2, -0.15) is 0 Å². The van der Waals surface area contributed by atoms with Crippen LogP contribution < -0.4 is 9.64 Å². The number of carbonyl (C=O) groups excluding carboxylic acids is 2. The second kappa shape index (κ2) is 9.72. The van der Waals surface area contributed by atoms with Gasteiger partial charge in [0.15, 0.2) is 5.13 Å². The minimum absolute atomic E-state index is 0.0969. The Labute approximate surface area is 215 Å². The van der Waals surface area contributed by atoms with Gasteiger partial charge in [0.25, 0.3) is 5.78 Å². The first kappa shape index (κ1) is 24.0. The lowest BCUT2D eigenvalue weighted by molar-refractivity contribution is -0.132.